The van der Waals surface area contributed by atoms with Crippen molar-refractivity contribution in [1.82, 2.24) is 10.6 Å². The summed E-state index contributed by atoms with van der Waals surface area (Å²) >= 11 is 0. The summed E-state index contributed by atoms with van der Waals surface area (Å²) in [5.74, 6) is 2.15. The summed E-state index contributed by atoms with van der Waals surface area (Å²) in [6.45, 7) is 11.7. The lowest BCUT2D eigenvalue weighted by molar-refractivity contribution is -0.130. The molecule has 1 saturated heterocycles. The molecular formula is C20H33N3O3. The van der Waals surface area contributed by atoms with Gasteiger partial charge in [0.1, 0.15) is 5.75 Å². The predicted molar refractivity (Wildman–Crippen MR) is 105 cm³/mol. The minimum absolute atomic E-state index is 0.100. The molecule has 0 spiro atoms. The van der Waals surface area contributed by atoms with Gasteiger partial charge >= 0.3 is 0 Å². The van der Waals surface area contributed by atoms with Crippen LogP contribution in [0.1, 0.15) is 39.3 Å². The van der Waals surface area contributed by atoms with Crippen LogP contribution in [0.15, 0.2) is 29.3 Å². The molecule has 0 aliphatic carbocycles. The molecule has 1 aromatic rings. The van der Waals surface area contributed by atoms with Gasteiger partial charge in [-0.1, -0.05) is 26.0 Å². The number of ether oxygens (including phenoxy) is 2. The van der Waals surface area contributed by atoms with E-state index in [0.29, 0.717) is 25.7 Å². The molecule has 1 unspecified atom stereocenters. The lowest BCUT2D eigenvalue weighted by Gasteiger charge is -2.38. The molecule has 2 rings (SSSR count). The van der Waals surface area contributed by atoms with Crippen molar-refractivity contribution in [2.45, 2.75) is 33.7 Å². The SMILES string of the molecule is CCNC(=NCC1(CO)COC1)NC(C)c1ccc(OCC(C)C)cc1. The van der Waals surface area contributed by atoms with Crippen LogP contribution >= 0.6 is 0 Å². The van der Waals surface area contributed by atoms with E-state index in [2.05, 4.69) is 48.5 Å². The van der Waals surface area contributed by atoms with Crippen molar-refractivity contribution >= 4 is 5.96 Å². The fourth-order valence-electron chi connectivity index (χ4n) is 2.59. The van der Waals surface area contributed by atoms with Gasteiger partial charge in [-0.25, -0.2) is 0 Å². The van der Waals surface area contributed by atoms with Crippen molar-refractivity contribution in [3.8, 4) is 5.75 Å². The number of benzene rings is 1. The summed E-state index contributed by atoms with van der Waals surface area (Å²) in [5.41, 5.74) is 0.942. The Balaban J connectivity index is 1.94. The second-order valence-corrected chi connectivity index (χ2v) is 7.49. The molecule has 1 aromatic carbocycles. The van der Waals surface area contributed by atoms with E-state index in [-0.39, 0.29) is 18.1 Å². The highest BCUT2D eigenvalue weighted by atomic mass is 16.5. The maximum absolute atomic E-state index is 9.54. The van der Waals surface area contributed by atoms with Gasteiger partial charge in [-0.3, -0.25) is 4.99 Å². The predicted octanol–water partition coefficient (Wildman–Crippen LogP) is 2.35. The average Bonchev–Trinajstić information content (AvgIpc) is 2.60. The Morgan fingerprint density at radius 1 is 1.27 bits per heavy atom. The highest BCUT2D eigenvalue weighted by Gasteiger charge is 2.38. The Bertz CT molecular complexity index is 563. The van der Waals surface area contributed by atoms with Gasteiger partial charge in [-0.05, 0) is 37.5 Å². The molecule has 0 aromatic heterocycles. The van der Waals surface area contributed by atoms with Crippen LogP contribution in [0.5, 0.6) is 5.75 Å². The Morgan fingerprint density at radius 3 is 2.46 bits per heavy atom. The van der Waals surface area contributed by atoms with Gasteiger partial charge in [0, 0.05) is 6.54 Å². The molecule has 146 valence electrons. The molecular weight excluding hydrogens is 330 g/mol. The van der Waals surface area contributed by atoms with Gasteiger partial charge in [-0.15, -0.1) is 0 Å². The zero-order valence-corrected chi connectivity index (χ0v) is 16.4. The maximum atomic E-state index is 9.54. The first-order valence-corrected chi connectivity index (χ1v) is 9.44. The Labute approximate surface area is 157 Å². The van der Waals surface area contributed by atoms with Crippen LogP contribution in [0.25, 0.3) is 0 Å². The second-order valence-electron chi connectivity index (χ2n) is 7.49. The van der Waals surface area contributed by atoms with Crippen LogP contribution in [0, 0.1) is 11.3 Å². The number of aliphatic imine (C=N–C) groups is 1. The quantitative estimate of drug-likeness (QED) is 0.464. The standard InChI is InChI=1S/C20H33N3O3/c1-5-21-19(22-11-20(12-24)13-25-14-20)23-16(4)17-6-8-18(9-7-17)26-10-15(2)3/h6-9,15-16,24H,5,10-14H2,1-4H3,(H2,21,22,23). The fourth-order valence-corrected chi connectivity index (χ4v) is 2.59. The lowest BCUT2D eigenvalue weighted by Crippen LogP contribution is -2.49. The van der Waals surface area contributed by atoms with Crippen LogP contribution in [0.3, 0.4) is 0 Å². The molecule has 1 aliphatic heterocycles. The van der Waals surface area contributed by atoms with Crippen LogP contribution in [0.4, 0.5) is 0 Å². The maximum Gasteiger partial charge on any atom is 0.191 e. The molecule has 0 radical (unpaired) electrons. The number of hydrogen-bond donors (Lipinski definition) is 3. The van der Waals surface area contributed by atoms with Gasteiger partial charge in [0.15, 0.2) is 5.96 Å². The monoisotopic (exact) mass is 363 g/mol. The van der Waals surface area contributed by atoms with E-state index in [9.17, 15) is 5.11 Å². The third kappa shape index (κ3) is 5.88. The minimum atomic E-state index is -0.221. The van der Waals surface area contributed by atoms with Gasteiger partial charge in [0.05, 0.1) is 44.4 Å². The van der Waals surface area contributed by atoms with Crippen molar-refractivity contribution in [2.75, 3.05) is 39.5 Å². The first kappa shape index (κ1) is 20.5. The fraction of sp³-hybridized carbons (Fsp3) is 0.650. The number of rotatable bonds is 9. The van der Waals surface area contributed by atoms with Crippen molar-refractivity contribution in [3.05, 3.63) is 29.8 Å². The third-order valence-electron chi connectivity index (χ3n) is 4.39. The molecule has 3 N–H and O–H groups in total. The Hall–Kier alpha value is -1.79. The first-order valence-electron chi connectivity index (χ1n) is 9.44. The van der Waals surface area contributed by atoms with E-state index in [0.717, 1.165) is 30.4 Å². The second kappa shape index (κ2) is 9.78. The topological polar surface area (TPSA) is 75.1 Å². The minimum Gasteiger partial charge on any atom is -0.493 e. The number of aliphatic hydroxyl groups excluding tert-OH is 1. The highest BCUT2D eigenvalue weighted by Crippen LogP contribution is 2.27. The first-order chi connectivity index (χ1) is 12.5. The number of nitrogens with one attached hydrogen (secondary N) is 2. The van der Waals surface area contributed by atoms with Crippen molar-refractivity contribution in [3.63, 3.8) is 0 Å². The Kier molecular flexibility index (Phi) is 7.72. The smallest absolute Gasteiger partial charge is 0.191 e. The van der Waals surface area contributed by atoms with Crippen molar-refractivity contribution in [2.24, 2.45) is 16.3 Å². The van der Waals surface area contributed by atoms with E-state index in [1.807, 2.05) is 19.1 Å². The van der Waals surface area contributed by atoms with Gasteiger partial charge in [-0.2, -0.15) is 0 Å². The molecule has 26 heavy (non-hydrogen) atoms. The lowest BCUT2D eigenvalue weighted by atomic mass is 9.87. The average molecular weight is 364 g/mol. The van der Waals surface area contributed by atoms with Gasteiger partial charge in [0.2, 0.25) is 0 Å². The molecule has 0 bridgehead atoms. The highest BCUT2D eigenvalue weighted by molar-refractivity contribution is 5.80. The third-order valence-corrected chi connectivity index (χ3v) is 4.39. The number of aliphatic hydroxyl groups is 1. The molecule has 6 heteroatoms. The normalized spacial score (nSPS) is 17.5. The summed E-state index contributed by atoms with van der Waals surface area (Å²) in [5, 5.41) is 16.2. The molecule has 0 saturated carbocycles. The summed E-state index contributed by atoms with van der Waals surface area (Å²) < 4.78 is 11.0. The molecule has 1 atom stereocenters. The zero-order chi connectivity index (χ0) is 19.0. The summed E-state index contributed by atoms with van der Waals surface area (Å²) in [6.07, 6.45) is 0. The van der Waals surface area contributed by atoms with E-state index in [1.165, 1.54) is 0 Å². The van der Waals surface area contributed by atoms with Crippen molar-refractivity contribution < 1.29 is 14.6 Å². The molecule has 1 fully saturated rings. The summed E-state index contributed by atoms with van der Waals surface area (Å²) in [7, 11) is 0. The van der Waals surface area contributed by atoms with Crippen LogP contribution in [-0.2, 0) is 4.74 Å². The van der Waals surface area contributed by atoms with Crippen molar-refractivity contribution in [1.29, 1.82) is 0 Å². The molecule has 1 aliphatic rings. The van der Waals surface area contributed by atoms with Gasteiger partial charge < -0.3 is 25.2 Å². The number of guanidine groups is 1. The zero-order valence-electron chi connectivity index (χ0n) is 16.4. The van der Waals surface area contributed by atoms with Crippen LogP contribution in [-0.4, -0.2) is 50.6 Å². The van der Waals surface area contributed by atoms with Crippen LogP contribution < -0.4 is 15.4 Å². The molecule has 0 amide bonds. The van der Waals surface area contributed by atoms with E-state index in [1.54, 1.807) is 0 Å². The summed E-state index contributed by atoms with van der Waals surface area (Å²) in [4.78, 5) is 4.64. The molecule has 1 heterocycles. The van der Waals surface area contributed by atoms with Gasteiger partial charge in [0.25, 0.3) is 0 Å². The summed E-state index contributed by atoms with van der Waals surface area (Å²) in [6, 6.07) is 8.27. The number of nitrogens with zero attached hydrogens (tertiary/aromatic N) is 1. The number of hydrogen-bond acceptors (Lipinski definition) is 4. The molecule has 6 nitrogen and oxygen atoms in total. The Morgan fingerprint density at radius 2 is 1.96 bits per heavy atom. The van der Waals surface area contributed by atoms with E-state index >= 15 is 0 Å². The van der Waals surface area contributed by atoms with Crippen LogP contribution in [0.2, 0.25) is 0 Å². The van der Waals surface area contributed by atoms with E-state index < -0.39 is 0 Å². The largest absolute Gasteiger partial charge is 0.493 e. The van der Waals surface area contributed by atoms with E-state index in [4.69, 9.17) is 9.47 Å².